The summed E-state index contributed by atoms with van der Waals surface area (Å²) >= 11 is 0. The quantitative estimate of drug-likeness (QED) is 0.836. The first-order valence-corrected chi connectivity index (χ1v) is 5.49. The third kappa shape index (κ3) is 1.95. The van der Waals surface area contributed by atoms with Crippen LogP contribution in [0.15, 0.2) is 10.6 Å². The molecule has 1 saturated heterocycles. The van der Waals surface area contributed by atoms with Gasteiger partial charge in [-0.3, -0.25) is 9.69 Å². The molecule has 0 saturated carbocycles. The fourth-order valence-corrected chi connectivity index (χ4v) is 1.79. The van der Waals surface area contributed by atoms with Gasteiger partial charge in [-0.15, -0.1) is 0 Å². The molecule has 1 aliphatic rings. The number of aromatic nitrogens is 1. The molecular weight excluding hydrogens is 208 g/mol. The Labute approximate surface area is 94.0 Å². The first-order chi connectivity index (χ1) is 7.61. The van der Waals surface area contributed by atoms with Crippen LogP contribution < -0.4 is 4.90 Å². The number of anilines is 1. The standard InChI is InChI=1S/C11H16N2O3/c1-7(2)9-4-11(16-12-9)13-5-8(6-14)3-10(13)15/h4,7-8,14H,3,5-6H2,1-2H3. The number of carbonyl (C=O) groups excluding carboxylic acids is 1. The van der Waals surface area contributed by atoms with Gasteiger partial charge in [-0.2, -0.15) is 0 Å². The number of aliphatic hydroxyl groups excluding tert-OH is 1. The molecule has 5 heteroatoms. The molecule has 88 valence electrons. The summed E-state index contributed by atoms with van der Waals surface area (Å²) in [6, 6.07) is 1.79. The van der Waals surface area contributed by atoms with Crippen molar-refractivity contribution in [2.45, 2.75) is 26.2 Å². The van der Waals surface area contributed by atoms with E-state index in [1.807, 2.05) is 13.8 Å². The Morgan fingerprint density at radius 1 is 1.69 bits per heavy atom. The summed E-state index contributed by atoms with van der Waals surface area (Å²) in [5.74, 6) is 0.777. The fraction of sp³-hybridized carbons (Fsp3) is 0.636. The van der Waals surface area contributed by atoms with Gasteiger partial charge < -0.3 is 9.63 Å². The predicted molar refractivity (Wildman–Crippen MR) is 58.1 cm³/mol. The van der Waals surface area contributed by atoms with E-state index in [0.29, 0.717) is 18.8 Å². The van der Waals surface area contributed by atoms with Gasteiger partial charge in [0.1, 0.15) is 0 Å². The summed E-state index contributed by atoms with van der Waals surface area (Å²) in [5.41, 5.74) is 0.843. The fourth-order valence-electron chi connectivity index (χ4n) is 1.79. The van der Waals surface area contributed by atoms with Crippen LogP contribution in [0, 0.1) is 5.92 Å². The molecule has 1 aliphatic heterocycles. The Morgan fingerprint density at radius 2 is 2.44 bits per heavy atom. The van der Waals surface area contributed by atoms with Crippen molar-refractivity contribution in [3.05, 3.63) is 11.8 Å². The topological polar surface area (TPSA) is 66.6 Å². The van der Waals surface area contributed by atoms with Crippen molar-refractivity contribution in [2.24, 2.45) is 5.92 Å². The van der Waals surface area contributed by atoms with Crippen molar-refractivity contribution in [3.8, 4) is 0 Å². The number of amides is 1. The molecule has 0 bridgehead atoms. The van der Waals surface area contributed by atoms with Gasteiger partial charge in [-0.1, -0.05) is 19.0 Å². The summed E-state index contributed by atoms with van der Waals surface area (Å²) in [6.07, 6.45) is 0.383. The van der Waals surface area contributed by atoms with Gasteiger partial charge in [0.2, 0.25) is 11.8 Å². The number of aliphatic hydroxyl groups is 1. The molecule has 1 atom stereocenters. The van der Waals surface area contributed by atoms with Gasteiger partial charge in [0, 0.05) is 31.6 Å². The van der Waals surface area contributed by atoms with Crippen LogP contribution in [-0.4, -0.2) is 29.3 Å². The van der Waals surface area contributed by atoms with Crippen molar-refractivity contribution in [1.82, 2.24) is 5.16 Å². The molecule has 0 radical (unpaired) electrons. The van der Waals surface area contributed by atoms with Crippen LogP contribution in [0.2, 0.25) is 0 Å². The summed E-state index contributed by atoms with van der Waals surface area (Å²) in [7, 11) is 0. The molecule has 1 aromatic heterocycles. The van der Waals surface area contributed by atoms with E-state index in [-0.39, 0.29) is 24.3 Å². The minimum absolute atomic E-state index is 0.00879. The van der Waals surface area contributed by atoms with Crippen LogP contribution in [0.1, 0.15) is 31.9 Å². The summed E-state index contributed by atoms with van der Waals surface area (Å²) in [6.45, 7) is 4.59. The van der Waals surface area contributed by atoms with Gasteiger partial charge in [-0.25, -0.2) is 0 Å². The second-order valence-electron chi connectivity index (χ2n) is 4.50. The maximum absolute atomic E-state index is 11.7. The van der Waals surface area contributed by atoms with E-state index < -0.39 is 0 Å². The van der Waals surface area contributed by atoms with Crippen LogP contribution in [0.5, 0.6) is 0 Å². The van der Waals surface area contributed by atoms with Crippen molar-refractivity contribution in [2.75, 3.05) is 18.1 Å². The normalized spacial score (nSPS) is 21.1. The van der Waals surface area contributed by atoms with E-state index in [1.54, 1.807) is 11.0 Å². The van der Waals surface area contributed by atoms with E-state index in [2.05, 4.69) is 5.16 Å². The highest BCUT2D eigenvalue weighted by Gasteiger charge is 2.32. The van der Waals surface area contributed by atoms with Crippen LogP contribution in [0.4, 0.5) is 5.88 Å². The average Bonchev–Trinajstić information content (AvgIpc) is 2.83. The molecular formula is C11H16N2O3. The molecule has 2 rings (SSSR count). The molecule has 0 spiro atoms. The Hall–Kier alpha value is -1.36. The first kappa shape index (κ1) is 11.1. The Balaban J connectivity index is 2.15. The maximum Gasteiger partial charge on any atom is 0.234 e. The maximum atomic E-state index is 11.7. The van der Waals surface area contributed by atoms with Crippen LogP contribution in [-0.2, 0) is 4.79 Å². The third-order valence-corrected chi connectivity index (χ3v) is 2.84. The lowest BCUT2D eigenvalue weighted by Gasteiger charge is -2.10. The molecule has 1 unspecified atom stereocenters. The Kier molecular flexibility index (Phi) is 2.96. The van der Waals surface area contributed by atoms with Gasteiger partial charge in [0.05, 0.1) is 5.69 Å². The molecule has 1 N–H and O–H groups in total. The Bertz CT molecular complexity index is 386. The van der Waals surface area contributed by atoms with E-state index >= 15 is 0 Å². The molecule has 0 aromatic carbocycles. The van der Waals surface area contributed by atoms with E-state index in [1.165, 1.54) is 0 Å². The molecule has 16 heavy (non-hydrogen) atoms. The van der Waals surface area contributed by atoms with E-state index in [0.717, 1.165) is 5.69 Å². The molecule has 0 aliphatic carbocycles. The highest BCUT2D eigenvalue weighted by molar-refractivity contribution is 5.94. The summed E-state index contributed by atoms with van der Waals surface area (Å²) < 4.78 is 5.15. The largest absolute Gasteiger partial charge is 0.396 e. The lowest BCUT2D eigenvalue weighted by atomic mass is 10.1. The minimum atomic E-state index is -0.00879. The zero-order valence-corrected chi connectivity index (χ0v) is 9.51. The second kappa shape index (κ2) is 4.25. The second-order valence-corrected chi connectivity index (χ2v) is 4.50. The SMILES string of the molecule is CC(C)c1cc(N2CC(CO)CC2=O)on1. The summed E-state index contributed by atoms with van der Waals surface area (Å²) in [5, 5.41) is 12.9. The Morgan fingerprint density at radius 3 is 2.94 bits per heavy atom. The first-order valence-electron chi connectivity index (χ1n) is 5.49. The van der Waals surface area contributed by atoms with E-state index in [9.17, 15) is 4.79 Å². The summed E-state index contributed by atoms with van der Waals surface area (Å²) in [4.78, 5) is 13.2. The number of carbonyl (C=O) groups is 1. The molecule has 1 fully saturated rings. The van der Waals surface area contributed by atoms with Crippen LogP contribution in [0.25, 0.3) is 0 Å². The van der Waals surface area contributed by atoms with Crippen molar-refractivity contribution >= 4 is 11.8 Å². The van der Waals surface area contributed by atoms with Crippen molar-refractivity contribution in [3.63, 3.8) is 0 Å². The van der Waals surface area contributed by atoms with Crippen molar-refractivity contribution < 1.29 is 14.4 Å². The minimum Gasteiger partial charge on any atom is -0.396 e. The monoisotopic (exact) mass is 224 g/mol. The number of rotatable bonds is 3. The number of hydrogen-bond donors (Lipinski definition) is 1. The lowest BCUT2D eigenvalue weighted by Crippen LogP contribution is -2.24. The highest BCUT2D eigenvalue weighted by Crippen LogP contribution is 2.27. The number of hydrogen-bond acceptors (Lipinski definition) is 4. The molecule has 1 aromatic rings. The molecule has 1 amide bonds. The zero-order chi connectivity index (χ0) is 11.7. The predicted octanol–water partition coefficient (Wildman–Crippen LogP) is 1.14. The molecule has 2 heterocycles. The van der Waals surface area contributed by atoms with Crippen molar-refractivity contribution in [1.29, 1.82) is 0 Å². The van der Waals surface area contributed by atoms with Crippen LogP contribution in [0.3, 0.4) is 0 Å². The smallest absolute Gasteiger partial charge is 0.234 e. The van der Waals surface area contributed by atoms with Gasteiger partial charge in [0.25, 0.3) is 0 Å². The lowest BCUT2D eigenvalue weighted by molar-refractivity contribution is -0.117. The van der Waals surface area contributed by atoms with Crippen LogP contribution >= 0.6 is 0 Å². The van der Waals surface area contributed by atoms with E-state index in [4.69, 9.17) is 9.63 Å². The van der Waals surface area contributed by atoms with Gasteiger partial charge in [-0.05, 0) is 5.92 Å². The number of nitrogens with zero attached hydrogens (tertiary/aromatic N) is 2. The van der Waals surface area contributed by atoms with Gasteiger partial charge >= 0.3 is 0 Å². The molecule has 5 nitrogen and oxygen atoms in total. The third-order valence-electron chi connectivity index (χ3n) is 2.84. The average molecular weight is 224 g/mol. The zero-order valence-electron chi connectivity index (χ0n) is 9.51. The highest BCUT2D eigenvalue weighted by atomic mass is 16.5. The van der Waals surface area contributed by atoms with Gasteiger partial charge in [0.15, 0.2) is 0 Å².